The van der Waals surface area contributed by atoms with Crippen molar-refractivity contribution in [3.05, 3.63) is 59.9 Å². The van der Waals surface area contributed by atoms with Crippen molar-refractivity contribution in [3.8, 4) is 0 Å². The molecule has 164 valence electrons. The zero-order valence-electron chi connectivity index (χ0n) is 17.9. The Morgan fingerprint density at radius 3 is 2.48 bits per heavy atom. The normalized spacial score (nSPS) is 18.3. The number of anilines is 2. The molecule has 0 bridgehead atoms. The Bertz CT molecular complexity index is 943. The quantitative estimate of drug-likeness (QED) is 0.802. The minimum atomic E-state index is -0.439. The average molecular weight is 425 g/mol. The molecule has 31 heavy (non-hydrogen) atoms. The Labute approximate surface area is 182 Å². The van der Waals surface area contributed by atoms with Crippen molar-refractivity contribution in [2.75, 3.05) is 49.5 Å². The molecule has 4 rings (SSSR count). The molecular weight excluding hydrogens is 395 g/mol. The lowest BCUT2D eigenvalue weighted by molar-refractivity contribution is -0.123. The van der Waals surface area contributed by atoms with Gasteiger partial charge >= 0.3 is 0 Å². The van der Waals surface area contributed by atoms with Gasteiger partial charge in [-0.2, -0.15) is 0 Å². The Morgan fingerprint density at radius 1 is 1.00 bits per heavy atom. The highest BCUT2D eigenvalue weighted by Gasteiger charge is 2.29. The highest BCUT2D eigenvalue weighted by atomic mass is 19.1. The first-order chi connectivity index (χ1) is 15.0. The number of amides is 2. The minimum absolute atomic E-state index is 0.131. The van der Waals surface area contributed by atoms with Gasteiger partial charge in [-0.25, -0.2) is 4.39 Å². The van der Waals surface area contributed by atoms with Gasteiger partial charge < -0.3 is 10.2 Å². The standard InChI is InChI=1S/C24H29FN4O2/c1-18(24(31)26-21-10-4-3-9-20(21)25)28-15-13-27(14-16-28)17-23(30)29-12-6-8-19-7-2-5-11-22(19)29/h2-5,7,9-11,18H,6,8,12-17H2,1H3,(H,26,31). The van der Waals surface area contributed by atoms with Gasteiger partial charge in [0.15, 0.2) is 0 Å². The minimum Gasteiger partial charge on any atom is -0.322 e. The molecule has 1 atom stereocenters. The van der Waals surface area contributed by atoms with Crippen molar-refractivity contribution in [1.82, 2.24) is 9.80 Å². The molecule has 0 aliphatic carbocycles. The predicted molar refractivity (Wildman–Crippen MR) is 120 cm³/mol. The van der Waals surface area contributed by atoms with Gasteiger partial charge in [0.25, 0.3) is 0 Å². The van der Waals surface area contributed by atoms with E-state index in [2.05, 4.69) is 21.2 Å². The topological polar surface area (TPSA) is 55.9 Å². The summed E-state index contributed by atoms with van der Waals surface area (Å²) in [5.74, 6) is -0.531. The smallest absolute Gasteiger partial charge is 0.241 e. The van der Waals surface area contributed by atoms with E-state index in [1.807, 2.05) is 30.0 Å². The summed E-state index contributed by atoms with van der Waals surface area (Å²) < 4.78 is 13.8. The molecule has 1 N–H and O–H groups in total. The van der Waals surface area contributed by atoms with E-state index >= 15 is 0 Å². The maximum atomic E-state index is 13.8. The molecule has 7 heteroatoms. The second-order valence-electron chi connectivity index (χ2n) is 8.23. The molecule has 6 nitrogen and oxygen atoms in total. The van der Waals surface area contributed by atoms with Crippen LogP contribution in [-0.2, 0) is 16.0 Å². The average Bonchev–Trinajstić information content (AvgIpc) is 2.80. The number of rotatable bonds is 5. The molecule has 1 fully saturated rings. The Morgan fingerprint density at radius 2 is 1.71 bits per heavy atom. The molecule has 2 heterocycles. The Balaban J connectivity index is 1.28. The number of carbonyl (C=O) groups is 2. The third-order valence-corrected chi connectivity index (χ3v) is 6.24. The number of halogens is 1. The van der Waals surface area contributed by atoms with Crippen LogP contribution in [0.3, 0.4) is 0 Å². The molecule has 0 saturated carbocycles. The van der Waals surface area contributed by atoms with Crippen molar-refractivity contribution in [3.63, 3.8) is 0 Å². The molecule has 0 radical (unpaired) electrons. The molecule has 1 unspecified atom stereocenters. The lowest BCUT2D eigenvalue weighted by Crippen LogP contribution is -2.54. The van der Waals surface area contributed by atoms with E-state index in [1.165, 1.54) is 11.6 Å². The Kier molecular flexibility index (Phi) is 6.63. The van der Waals surface area contributed by atoms with Gasteiger partial charge in [0, 0.05) is 38.4 Å². The summed E-state index contributed by atoms with van der Waals surface area (Å²) in [4.78, 5) is 31.7. The fourth-order valence-corrected chi connectivity index (χ4v) is 4.34. The number of nitrogens with zero attached hydrogens (tertiary/aromatic N) is 3. The fraction of sp³-hybridized carbons (Fsp3) is 0.417. The van der Waals surface area contributed by atoms with Crippen LogP contribution in [0.2, 0.25) is 0 Å². The third kappa shape index (κ3) is 4.94. The van der Waals surface area contributed by atoms with E-state index in [-0.39, 0.29) is 23.5 Å². The van der Waals surface area contributed by atoms with Crippen molar-refractivity contribution in [1.29, 1.82) is 0 Å². The summed E-state index contributed by atoms with van der Waals surface area (Å²) in [5.41, 5.74) is 2.47. The first-order valence-corrected chi connectivity index (χ1v) is 10.9. The van der Waals surface area contributed by atoms with Crippen LogP contribution in [0.15, 0.2) is 48.5 Å². The SMILES string of the molecule is CC(C(=O)Nc1ccccc1F)N1CCN(CC(=O)N2CCCc3ccccc32)CC1. The van der Waals surface area contributed by atoms with Crippen molar-refractivity contribution >= 4 is 23.2 Å². The number of aryl methyl sites for hydroxylation is 1. The van der Waals surface area contributed by atoms with Gasteiger partial charge in [-0.15, -0.1) is 0 Å². The van der Waals surface area contributed by atoms with Crippen LogP contribution in [0, 0.1) is 5.82 Å². The molecule has 2 aromatic rings. The molecular formula is C24H29FN4O2. The second-order valence-corrected chi connectivity index (χ2v) is 8.23. The van der Waals surface area contributed by atoms with Gasteiger partial charge in [-0.05, 0) is 43.5 Å². The lowest BCUT2D eigenvalue weighted by Gasteiger charge is -2.38. The lowest BCUT2D eigenvalue weighted by atomic mass is 10.0. The molecule has 1 saturated heterocycles. The number of carbonyl (C=O) groups excluding carboxylic acids is 2. The predicted octanol–water partition coefficient (Wildman–Crippen LogP) is 2.75. The van der Waals surface area contributed by atoms with Crippen molar-refractivity contribution < 1.29 is 14.0 Å². The van der Waals surface area contributed by atoms with E-state index in [1.54, 1.807) is 18.2 Å². The largest absolute Gasteiger partial charge is 0.322 e. The molecule has 2 aliphatic heterocycles. The third-order valence-electron chi connectivity index (χ3n) is 6.24. The van der Waals surface area contributed by atoms with Gasteiger partial charge in [0.1, 0.15) is 5.82 Å². The number of benzene rings is 2. The summed E-state index contributed by atoms with van der Waals surface area (Å²) >= 11 is 0. The summed E-state index contributed by atoms with van der Waals surface area (Å²) in [6.45, 7) is 5.81. The van der Waals surface area contributed by atoms with Crippen LogP contribution in [0.1, 0.15) is 18.9 Å². The van der Waals surface area contributed by atoms with Crippen LogP contribution in [0.25, 0.3) is 0 Å². The van der Waals surface area contributed by atoms with E-state index in [0.717, 1.165) is 38.2 Å². The Hall–Kier alpha value is -2.77. The molecule has 2 aromatic carbocycles. The van der Waals surface area contributed by atoms with Crippen LogP contribution in [0.5, 0.6) is 0 Å². The van der Waals surface area contributed by atoms with Crippen molar-refractivity contribution in [2.45, 2.75) is 25.8 Å². The maximum absolute atomic E-state index is 13.8. The van der Waals surface area contributed by atoms with Gasteiger partial charge in [0.2, 0.25) is 11.8 Å². The van der Waals surface area contributed by atoms with Crippen molar-refractivity contribution in [2.24, 2.45) is 0 Å². The number of para-hydroxylation sites is 2. The van der Waals surface area contributed by atoms with Crippen LogP contribution in [0.4, 0.5) is 15.8 Å². The summed E-state index contributed by atoms with van der Waals surface area (Å²) in [5, 5.41) is 2.67. The van der Waals surface area contributed by atoms with Gasteiger partial charge in [0.05, 0.1) is 18.3 Å². The van der Waals surface area contributed by atoms with E-state index in [0.29, 0.717) is 19.6 Å². The monoisotopic (exact) mass is 424 g/mol. The molecule has 0 spiro atoms. The van der Waals surface area contributed by atoms with Crippen LogP contribution < -0.4 is 10.2 Å². The highest BCUT2D eigenvalue weighted by molar-refractivity contribution is 5.96. The zero-order chi connectivity index (χ0) is 21.8. The molecule has 2 amide bonds. The van der Waals surface area contributed by atoms with Gasteiger partial charge in [-0.1, -0.05) is 30.3 Å². The van der Waals surface area contributed by atoms with Gasteiger partial charge in [-0.3, -0.25) is 19.4 Å². The zero-order valence-corrected chi connectivity index (χ0v) is 17.9. The maximum Gasteiger partial charge on any atom is 0.241 e. The van der Waals surface area contributed by atoms with E-state index in [4.69, 9.17) is 0 Å². The number of hydrogen-bond acceptors (Lipinski definition) is 4. The fourth-order valence-electron chi connectivity index (χ4n) is 4.34. The van der Waals surface area contributed by atoms with E-state index in [9.17, 15) is 14.0 Å². The molecule has 2 aliphatic rings. The number of fused-ring (bicyclic) bond motifs is 1. The first kappa shape index (κ1) is 21.5. The van der Waals surface area contributed by atoms with E-state index < -0.39 is 5.82 Å². The number of nitrogens with one attached hydrogen (secondary N) is 1. The summed E-state index contributed by atoms with van der Waals surface area (Å²) in [6.07, 6.45) is 2.01. The summed E-state index contributed by atoms with van der Waals surface area (Å²) in [6, 6.07) is 13.9. The highest BCUT2D eigenvalue weighted by Crippen LogP contribution is 2.27. The second kappa shape index (κ2) is 9.58. The number of hydrogen-bond donors (Lipinski definition) is 1. The summed E-state index contributed by atoms with van der Waals surface area (Å²) in [7, 11) is 0. The number of piperazine rings is 1. The van der Waals surface area contributed by atoms with Crippen LogP contribution in [-0.4, -0.2) is 66.9 Å². The first-order valence-electron chi connectivity index (χ1n) is 10.9. The molecule has 0 aromatic heterocycles. The van der Waals surface area contributed by atoms with Crippen LogP contribution >= 0.6 is 0 Å².